The van der Waals surface area contributed by atoms with Crippen LogP contribution in [0, 0.1) is 10.1 Å². The molecule has 1 aliphatic heterocycles. The quantitative estimate of drug-likeness (QED) is 0.678. The van der Waals surface area contributed by atoms with Gasteiger partial charge in [-0.1, -0.05) is 6.07 Å². The summed E-state index contributed by atoms with van der Waals surface area (Å²) in [6.07, 6.45) is 0. The van der Waals surface area contributed by atoms with Crippen molar-refractivity contribution in [3.8, 4) is 0 Å². The first kappa shape index (κ1) is 14.6. The van der Waals surface area contributed by atoms with E-state index >= 15 is 0 Å². The largest absolute Gasteiger partial charge is 0.382 e. The highest BCUT2D eigenvalue weighted by Crippen LogP contribution is 2.37. The number of nitrogens with one attached hydrogen (secondary N) is 1. The molecule has 1 N–H and O–H groups in total. The first-order chi connectivity index (χ1) is 9.36. The zero-order valence-corrected chi connectivity index (χ0v) is 12.5. The minimum absolute atomic E-state index is 0.00175. The van der Waals surface area contributed by atoms with Gasteiger partial charge in [-0.15, -0.1) is 0 Å². The molecular weight excluding hydrogens is 256 g/mol. The zero-order chi connectivity index (χ0) is 14.9. The average molecular weight is 278 g/mol. The van der Waals surface area contributed by atoms with Crippen molar-refractivity contribution in [1.29, 1.82) is 0 Å². The van der Waals surface area contributed by atoms with Gasteiger partial charge in [0, 0.05) is 32.2 Å². The molecule has 1 aliphatic rings. The molecule has 1 fully saturated rings. The number of anilines is 2. The maximum atomic E-state index is 11.4. The lowest BCUT2D eigenvalue weighted by Crippen LogP contribution is -2.57. The van der Waals surface area contributed by atoms with Crippen LogP contribution in [0.1, 0.15) is 13.8 Å². The zero-order valence-electron chi connectivity index (χ0n) is 12.5. The number of rotatable bonds is 3. The van der Waals surface area contributed by atoms with E-state index in [9.17, 15) is 10.1 Å². The van der Waals surface area contributed by atoms with E-state index in [0.29, 0.717) is 11.4 Å². The lowest BCUT2D eigenvalue weighted by Gasteiger charge is -2.46. The van der Waals surface area contributed by atoms with Gasteiger partial charge in [0.05, 0.1) is 4.92 Å². The van der Waals surface area contributed by atoms with Crippen LogP contribution in [0.15, 0.2) is 18.2 Å². The topological polar surface area (TPSA) is 61.6 Å². The first-order valence-electron chi connectivity index (χ1n) is 6.78. The molecule has 0 amide bonds. The van der Waals surface area contributed by atoms with E-state index in [4.69, 9.17) is 0 Å². The number of nitrogens with zero attached hydrogens (tertiary/aromatic N) is 3. The highest BCUT2D eigenvalue weighted by atomic mass is 16.6. The van der Waals surface area contributed by atoms with Crippen molar-refractivity contribution in [2.75, 3.05) is 43.9 Å². The molecule has 6 nitrogen and oxygen atoms in total. The minimum atomic E-state index is -0.299. The molecule has 1 aromatic carbocycles. The van der Waals surface area contributed by atoms with Crippen LogP contribution in [0.5, 0.6) is 0 Å². The van der Waals surface area contributed by atoms with E-state index in [0.717, 1.165) is 19.6 Å². The van der Waals surface area contributed by atoms with Gasteiger partial charge in [-0.25, -0.2) is 0 Å². The van der Waals surface area contributed by atoms with E-state index in [1.165, 1.54) is 0 Å². The molecule has 1 saturated heterocycles. The van der Waals surface area contributed by atoms with Crippen molar-refractivity contribution in [2.45, 2.75) is 19.4 Å². The van der Waals surface area contributed by atoms with Crippen LogP contribution < -0.4 is 10.2 Å². The smallest absolute Gasteiger partial charge is 0.315 e. The number of nitro groups is 1. The van der Waals surface area contributed by atoms with Crippen LogP contribution in [0.3, 0.4) is 0 Å². The molecule has 1 heterocycles. The summed E-state index contributed by atoms with van der Waals surface area (Å²) in [5.41, 5.74) is 1.42. The summed E-state index contributed by atoms with van der Waals surface area (Å²) in [4.78, 5) is 15.5. The van der Waals surface area contributed by atoms with Crippen LogP contribution in [-0.2, 0) is 0 Å². The molecule has 2 rings (SSSR count). The summed E-state index contributed by atoms with van der Waals surface area (Å²) in [7, 11) is 3.80. The summed E-state index contributed by atoms with van der Waals surface area (Å²) in [5.74, 6) is 0. The lowest BCUT2D eigenvalue weighted by atomic mass is 9.99. The monoisotopic (exact) mass is 278 g/mol. The van der Waals surface area contributed by atoms with Crippen molar-refractivity contribution in [3.05, 3.63) is 28.3 Å². The SMILES string of the molecule is CNc1cccc(N2CCN(C)C(C)(C)C2)c1[N+](=O)[O-]. The number of hydrogen-bond acceptors (Lipinski definition) is 5. The van der Waals surface area contributed by atoms with Gasteiger partial charge in [0.25, 0.3) is 0 Å². The second-order valence-electron chi connectivity index (χ2n) is 5.84. The van der Waals surface area contributed by atoms with Gasteiger partial charge in [-0.2, -0.15) is 0 Å². The van der Waals surface area contributed by atoms with Gasteiger partial charge in [-0.05, 0) is 33.0 Å². The van der Waals surface area contributed by atoms with Crippen LogP contribution in [0.2, 0.25) is 0 Å². The summed E-state index contributed by atoms with van der Waals surface area (Å²) in [6.45, 7) is 6.79. The van der Waals surface area contributed by atoms with E-state index in [1.807, 2.05) is 12.1 Å². The highest BCUT2D eigenvalue weighted by Gasteiger charge is 2.34. The Morgan fingerprint density at radius 3 is 2.60 bits per heavy atom. The first-order valence-corrected chi connectivity index (χ1v) is 6.78. The lowest BCUT2D eigenvalue weighted by molar-refractivity contribution is -0.383. The van der Waals surface area contributed by atoms with Gasteiger partial charge in [0.1, 0.15) is 11.4 Å². The van der Waals surface area contributed by atoms with Crippen molar-refractivity contribution >= 4 is 17.1 Å². The van der Waals surface area contributed by atoms with Gasteiger partial charge in [-0.3, -0.25) is 15.0 Å². The Kier molecular flexibility index (Phi) is 3.85. The molecule has 0 unspecified atom stereocenters. The molecule has 20 heavy (non-hydrogen) atoms. The third kappa shape index (κ3) is 2.56. The molecule has 0 spiro atoms. The molecule has 0 atom stereocenters. The van der Waals surface area contributed by atoms with Gasteiger partial charge in [0.2, 0.25) is 0 Å². The Morgan fingerprint density at radius 1 is 1.35 bits per heavy atom. The maximum Gasteiger partial charge on any atom is 0.315 e. The van der Waals surface area contributed by atoms with Crippen molar-refractivity contribution in [1.82, 2.24) is 4.90 Å². The molecular formula is C14H22N4O2. The molecule has 110 valence electrons. The average Bonchev–Trinajstić information content (AvgIpc) is 2.40. The van der Waals surface area contributed by atoms with E-state index in [1.54, 1.807) is 13.1 Å². The van der Waals surface area contributed by atoms with E-state index in [2.05, 4.69) is 36.0 Å². The standard InChI is InChI=1S/C14H22N4O2/c1-14(2)10-17(9-8-16(14)4)12-7-5-6-11(15-3)13(12)18(19)20/h5-7,15H,8-10H2,1-4H3. The number of likely N-dealkylation sites (N-methyl/N-ethyl adjacent to an activating group) is 1. The number of hydrogen-bond donors (Lipinski definition) is 1. The molecule has 0 aliphatic carbocycles. The van der Waals surface area contributed by atoms with Gasteiger partial charge >= 0.3 is 5.69 Å². The highest BCUT2D eigenvalue weighted by molar-refractivity contribution is 5.77. The van der Waals surface area contributed by atoms with Crippen molar-refractivity contribution < 1.29 is 4.92 Å². The third-order valence-electron chi connectivity index (χ3n) is 4.12. The van der Waals surface area contributed by atoms with Crippen LogP contribution >= 0.6 is 0 Å². The van der Waals surface area contributed by atoms with Crippen molar-refractivity contribution in [3.63, 3.8) is 0 Å². The summed E-state index contributed by atoms with van der Waals surface area (Å²) < 4.78 is 0. The van der Waals surface area contributed by atoms with E-state index < -0.39 is 0 Å². The third-order valence-corrected chi connectivity index (χ3v) is 4.12. The van der Waals surface area contributed by atoms with E-state index in [-0.39, 0.29) is 16.1 Å². The molecule has 1 aromatic rings. The second kappa shape index (κ2) is 5.28. The number of para-hydroxylation sites is 1. The molecule has 0 saturated carbocycles. The predicted octanol–water partition coefficient (Wildman–Crippen LogP) is 2.17. The predicted molar refractivity (Wildman–Crippen MR) is 81.6 cm³/mol. The molecule has 0 aromatic heterocycles. The summed E-state index contributed by atoms with van der Waals surface area (Å²) in [5, 5.41) is 14.3. The summed E-state index contributed by atoms with van der Waals surface area (Å²) >= 11 is 0. The van der Waals surface area contributed by atoms with Gasteiger partial charge in [0.15, 0.2) is 0 Å². The van der Waals surface area contributed by atoms with Crippen LogP contribution in [0.25, 0.3) is 0 Å². The fourth-order valence-corrected chi connectivity index (χ4v) is 2.63. The molecule has 0 bridgehead atoms. The Hall–Kier alpha value is -1.82. The maximum absolute atomic E-state index is 11.4. The molecule has 6 heteroatoms. The fraction of sp³-hybridized carbons (Fsp3) is 0.571. The van der Waals surface area contributed by atoms with Crippen molar-refractivity contribution in [2.24, 2.45) is 0 Å². The Bertz CT molecular complexity index is 516. The Labute approximate surface area is 119 Å². The fourth-order valence-electron chi connectivity index (χ4n) is 2.63. The minimum Gasteiger partial charge on any atom is -0.382 e. The number of nitro benzene ring substituents is 1. The summed E-state index contributed by atoms with van der Waals surface area (Å²) in [6, 6.07) is 5.43. The van der Waals surface area contributed by atoms with Crippen LogP contribution in [-0.4, -0.2) is 49.1 Å². The number of benzene rings is 1. The normalized spacial score (nSPS) is 18.9. The van der Waals surface area contributed by atoms with Gasteiger partial charge < -0.3 is 10.2 Å². The van der Waals surface area contributed by atoms with Crippen LogP contribution in [0.4, 0.5) is 17.1 Å². The number of piperazine rings is 1. The molecule has 0 radical (unpaired) electrons. The Balaban J connectivity index is 2.41. The second-order valence-corrected chi connectivity index (χ2v) is 5.84. The Morgan fingerprint density at radius 2 is 2.05 bits per heavy atom.